The molecular weight excluding hydrogens is 234 g/mol. The van der Waals surface area contributed by atoms with Crippen molar-refractivity contribution in [3.63, 3.8) is 0 Å². The van der Waals surface area contributed by atoms with E-state index >= 15 is 0 Å². The van der Waals surface area contributed by atoms with Crippen molar-refractivity contribution in [1.82, 2.24) is 10.3 Å². The molecule has 0 unspecified atom stereocenters. The number of nitrogens with one attached hydrogen (secondary N) is 1. The van der Waals surface area contributed by atoms with E-state index in [0.29, 0.717) is 5.92 Å². The van der Waals surface area contributed by atoms with Crippen molar-refractivity contribution in [2.75, 3.05) is 25.0 Å². The Bertz CT molecular complexity index is 410. The van der Waals surface area contributed by atoms with Crippen LogP contribution in [0.25, 0.3) is 0 Å². The molecule has 1 N–H and O–H groups in total. The lowest BCUT2D eigenvalue weighted by Crippen LogP contribution is -2.25. The van der Waals surface area contributed by atoms with Crippen LogP contribution < -0.4 is 10.2 Å². The molecule has 2 rings (SSSR count). The first-order valence-electron chi connectivity index (χ1n) is 7.43. The zero-order chi connectivity index (χ0) is 13.8. The number of aromatic nitrogens is 1. The first-order valence-corrected chi connectivity index (χ1v) is 7.43. The summed E-state index contributed by atoms with van der Waals surface area (Å²) in [6.07, 6.45) is 4.83. The van der Waals surface area contributed by atoms with Gasteiger partial charge < -0.3 is 10.2 Å². The third-order valence-electron chi connectivity index (χ3n) is 3.61. The Hall–Kier alpha value is -1.09. The number of rotatable bonds is 7. The van der Waals surface area contributed by atoms with E-state index in [0.717, 1.165) is 24.7 Å². The molecule has 1 saturated carbocycles. The topological polar surface area (TPSA) is 28.2 Å². The van der Waals surface area contributed by atoms with Crippen LogP contribution in [0.2, 0.25) is 0 Å². The van der Waals surface area contributed by atoms with Crippen LogP contribution in [0.1, 0.15) is 37.9 Å². The van der Waals surface area contributed by atoms with Crippen LogP contribution in [-0.4, -0.2) is 25.1 Å². The second kappa shape index (κ2) is 6.38. The second-order valence-electron chi connectivity index (χ2n) is 6.30. The van der Waals surface area contributed by atoms with Crippen LogP contribution in [0.4, 0.5) is 5.69 Å². The normalized spacial score (nSPS) is 15.0. The fraction of sp³-hybridized carbons (Fsp3) is 0.688. The minimum absolute atomic E-state index is 0.686. The molecule has 0 amide bonds. The maximum Gasteiger partial charge on any atom is 0.0443 e. The van der Waals surface area contributed by atoms with E-state index in [-0.39, 0.29) is 0 Å². The van der Waals surface area contributed by atoms with Gasteiger partial charge >= 0.3 is 0 Å². The van der Waals surface area contributed by atoms with Gasteiger partial charge in [-0.25, -0.2) is 0 Å². The van der Waals surface area contributed by atoms with Crippen LogP contribution in [0.3, 0.4) is 0 Å². The molecule has 3 heteroatoms. The lowest BCUT2D eigenvalue weighted by atomic mass is 10.1. The van der Waals surface area contributed by atoms with Gasteiger partial charge in [0.05, 0.1) is 0 Å². The fourth-order valence-electron chi connectivity index (χ4n) is 2.35. The summed E-state index contributed by atoms with van der Waals surface area (Å²) in [5.74, 6) is 1.60. The number of hydrogen-bond donors (Lipinski definition) is 1. The largest absolute Gasteiger partial charge is 0.374 e. The molecule has 0 atom stereocenters. The van der Waals surface area contributed by atoms with Gasteiger partial charge in [0, 0.05) is 43.3 Å². The molecule has 0 bridgehead atoms. The van der Waals surface area contributed by atoms with Crippen LogP contribution in [0, 0.1) is 18.8 Å². The van der Waals surface area contributed by atoms with Crippen LogP contribution in [0.5, 0.6) is 0 Å². The zero-order valence-electron chi connectivity index (χ0n) is 12.7. The lowest BCUT2D eigenvalue weighted by molar-refractivity contribution is 0.551. The van der Waals surface area contributed by atoms with Crippen molar-refractivity contribution in [2.45, 2.75) is 40.2 Å². The predicted octanol–water partition coefficient (Wildman–Crippen LogP) is 2.98. The molecule has 0 radical (unpaired) electrons. The molecule has 0 spiro atoms. The number of anilines is 1. The summed E-state index contributed by atoms with van der Waals surface area (Å²) in [5, 5.41) is 3.52. The van der Waals surface area contributed by atoms with Crippen molar-refractivity contribution in [1.29, 1.82) is 0 Å². The van der Waals surface area contributed by atoms with E-state index < -0.39 is 0 Å². The van der Waals surface area contributed by atoms with Gasteiger partial charge in [0.2, 0.25) is 0 Å². The summed E-state index contributed by atoms with van der Waals surface area (Å²) >= 11 is 0. The molecule has 19 heavy (non-hydrogen) atoms. The van der Waals surface area contributed by atoms with Crippen molar-refractivity contribution in [2.24, 2.45) is 11.8 Å². The molecule has 1 heterocycles. The summed E-state index contributed by atoms with van der Waals surface area (Å²) in [4.78, 5) is 6.85. The van der Waals surface area contributed by atoms with E-state index in [1.165, 1.54) is 30.6 Å². The molecule has 0 saturated heterocycles. The van der Waals surface area contributed by atoms with Gasteiger partial charge in [0.1, 0.15) is 0 Å². The maximum atomic E-state index is 4.45. The lowest BCUT2D eigenvalue weighted by Gasteiger charge is -2.23. The van der Waals surface area contributed by atoms with Crippen LogP contribution >= 0.6 is 0 Å². The second-order valence-corrected chi connectivity index (χ2v) is 6.30. The minimum Gasteiger partial charge on any atom is -0.374 e. The Kier molecular flexibility index (Phi) is 4.81. The molecule has 1 fully saturated rings. The van der Waals surface area contributed by atoms with E-state index in [9.17, 15) is 0 Å². The standard InChI is InChI=1S/C16H27N3/c1-12(2)8-17-9-15-10-18-13(3)7-16(15)19(4)11-14-5-6-14/h7,10,12,14,17H,5-6,8-9,11H2,1-4H3. The SMILES string of the molecule is Cc1cc(N(C)CC2CC2)c(CNCC(C)C)cn1. The quantitative estimate of drug-likeness (QED) is 0.818. The minimum atomic E-state index is 0.686. The average molecular weight is 261 g/mol. The summed E-state index contributed by atoms with van der Waals surface area (Å²) in [7, 11) is 2.21. The molecule has 1 aliphatic rings. The van der Waals surface area contributed by atoms with Crippen molar-refractivity contribution in [3.05, 3.63) is 23.5 Å². The third-order valence-corrected chi connectivity index (χ3v) is 3.61. The van der Waals surface area contributed by atoms with Gasteiger partial charge in [-0.05, 0) is 44.2 Å². The Balaban J connectivity index is 2.03. The van der Waals surface area contributed by atoms with E-state index in [2.05, 4.69) is 49.1 Å². The molecule has 1 aromatic heterocycles. The average Bonchev–Trinajstić information content (AvgIpc) is 3.14. The van der Waals surface area contributed by atoms with Gasteiger partial charge in [0.25, 0.3) is 0 Å². The first-order chi connectivity index (χ1) is 9.06. The highest BCUT2D eigenvalue weighted by molar-refractivity contribution is 5.53. The molecule has 3 nitrogen and oxygen atoms in total. The third kappa shape index (κ3) is 4.50. The molecule has 0 aliphatic heterocycles. The Labute approximate surface area is 117 Å². The van der Waals surface area contributed by atoms with E-state index in [1.54, 1.807) is 0 Å². The van der Waals surface area contributed by atoms with Crippen LogP contribution in [-0.2, 0) is 6.54 Å². The first kappa shape index (κ1) is 14.3. The van der Waals surface area contributed by atoms with Gasteiger partial charge in [-0.15, -0.1) is 0 Å². The summed E-state index contributed by atoms with van der Waals surface area (Å²) in [6, 6.07) is 2.22. The Morgan fingerprint density at radius 1 is 1.42 bits per heavy atom. The van der Waals surface area contributed by atoms with E-state index in [1.807, 2.05) is 6.20 Å². The highest BCUT2D eigenvalue weighted by Crippen LogP contribution is 2.31. The maximum absolute atomic E-state index is 4.45. The monoisotopic (exact) mass is 261 g/mol. The van der Waals surface area contributed by atoms with Crippen LogP contribution in [0.15, 0.2) is 12.3 Å². The van der Waals surface area contributed by atoms with Crippen molar-refractivity contribution < 1.29 is 0 Å². The zero-order valence-corrected chi connectivity index (χ0v) is 12.7. The summed E-state index contributed by atoms with van der Waals surface area (Å²) in [5.41, 5.74) is 3.76. The van der Waals surface area contributed by atoms with Crippen molar-refractivity contribution in [3.8, 4) is 0 Å². The summed E-state index contributed by atoms with van der Waals surface area (Å²) in [6.45, 7) is 9.69. The molecule has 1 aliphatic carbocycles. The Morgan fingerprint density at radius 3 is 2.79 bits per heavy atom. The number of nitrogens with zero attached hydrogens (tertiary/aromatic N) is 2. The molecular formula is C16H27N3. The van der Waals surface area contributed by atoms with E-state index in [4.69, 9.17) is 0 Å². The summed E-state index contributed by atoms with van der Waals surface area (Å²) < 4.78 is 0. The molecule has 106 valence electrons. The fourth-order valence-corrected chi connectivity index (χ4v) is 2.35. The number of hydrogen-bond acceptors (Lipinski definition) is 3. The Morgan fingerprint density at radius 2 is 2.16 bits per heavy atom. The highest BCUT2D eigenvalue weighted by Gasteiger charge is 2.23. The van der Waals surface area contributed by atoms with Gasteiger partial charge in [-0.3, -0.25) is 4.98 Å². The van der Waals surface area contributed by atoms with Crippen molar-refractivity contribution >= 4 is 5.69 Å². The highest BCUT2D eigenvalue weighted by atomic mass is 15.1. The predicted molar refractivity (Wildman–Crippen MR) is 81.5 cm³/mol. The number of pyridine rings is 1. The number of aryl methyl sites for hydroxylation is 1. The molecule has 1 aromatic rings. The van der Waals surface area contributed by atoms with Gasteiger partial charge in [-0.2, -0.15) is 0 Å². The smallest absolute Gasteiger partial charge is 0.0443 e. The van der Waals surface area contributed by atoms with Gasteiger partial charge in [-0.1, -0.05) is 13.8 Å². The molecule has 0 aromatic carbocycles. The van der Waals surface area contributed by atoms with Gasteiger partial charge in [0.15, 0.2) is 0 Å².